The Morgan fingerprint density at radius 2 is 2.60 bits per heavy atom. The molecule has 1 aromatic heterocycles. The molecule has 1 aliphatic heterocycles. The van der Waals surface area contributed by atoms with Gasteiger partial charge in [0.1, 0.15) is 12.2 Å². The highest BCUT2D eigenvalue weighted by Gasteiger charge is 2.06. The van der Waals surface area contributed by atoms with Crippen LogP contribution < -0.4 is 0 Å². The molecule has 0 spiro atoms. The topological polar surface area (TPSA) is 30.7 Å². The van der Waals surface area contributed by atoms with E-state index < -0.39 is 0 Å². The molecule has 0 saturated carbocycles. The first kappa shape index (κ1) is 4.88. The van der Waals surface area contributed by atoms with Gasteiger partial charge in [-0.1, -0.05) is 6.40 Å². The monoisotopic (exact) mass is 138 g/mol. The maximum Gasteiger partial charge on any atom is 0.132 e. The van der Waals surface area contributed by atoms with Crippen LogP contribution in [0.3, 0.4) is 0 Å². The second-order valence-corrected chi connectivity index (χ2v) is 2.56. The molecule has 54 valence electrons. The van der Waals surface area contributed by atoms with Crippen molar-refractivity contribution in [2.75, 3.05) is 0 Å². The van der Waals surface area contributed by atoms with Crippen molar-refractivity contribution in [3.8, 4) is 0 Å². The molecule has 1 atom stereocenters. The maximum absolute atomic E-state index is 7.56. The van der Waals surface area contributed by atoms with Gasteiger partial charge in [-0.05, 0) is 12.8 Å². The summed E-state index contributed by atoms with van der Waals surface area (Å²) in [5.74, 6) is 1.04. The molecule has 0 saturated heterocycles. The van der Waals surface area contributed by atoms with Crippen LogP contribution in [0, 0.1) is 0 Å². The second-order valence-electron chi connectivity index (χ2n) is 2.56. The van der Waals surface area contributed by atoms with Crippen LogP contribution in [0.4, 0.5) is 0 Å². The van der Waals surface area contributed by atoms with Gasteiger partial charge in [-0.25, -0.2) is 0 Å². The third-order valence-corrected chi connectivity index (χ3v) is 1.84. The molecule has 2 heterocycles. The molecule has 0 amide bonds. The van der Waals surface area contributed by atoms with E-state index in [0.29, 0.717) is 0 Å². The molecule has 3 nitrogen and oxygen atoms in total. The van der Waals surface area contributed by atoms with Gasteiger partial charge in [0, 0.05) is 14.3 Å². The zero-order chi connectivity index (χ0) is 7.68. The Hall–Kier alpha value is -0.860. The van der Waals surface area contributed by atoms with Crippen LogP contribution >= 0.6 is 0 Å². The van der Waals surface area contributed by atoms with Gasteiger partial charge in [0.05, 0.1) is 0 Å². The van der Waals surface area contributed by atoms with Gasteiger partial charge in [0.15, 0.2) is 0 Å². The van der Waals surface area contributed by atoms with Crippen LogP contribution in [0.15, 0.2) is 6.33 Å². The molecular formula is C7H11N3. The fourth-order valence-corrected chi connectivity index (χ4v) is 1.27. The predicted octanol–water partition coefficient (Wildman–Crippen LogP) is 1.00. The lowest BCUT2D eigenvalue weighted by atomic mass is 10.2. The largest absolute Gasteiger partial charge is 0.318 e. The van der Waals surface area contributed by atoms with E-state index in [1.165, 1.54) is 0 Å². The first-order valence-electron chi connectivity index (χ1n) is 4.23. The normalized spacial score (nSPS) is 26.8. The number of rotatable bonds is 0. The summed E-state index contributed by atoms with van der Waals surface area (Å²) in [6.45, 7) is 0.913. The molecule has 0 radical (unpaired) electrons. The Kier molecular flexibility index (Phi) is 1.17. The molecule has 0 fully saturated rings. The fraction of sp³-hybridized carbons (Fsp3) is 0.714. The van der Waals surface area contributed by atoms with E-state index in [1.54, 1.807) is 6.33 Å². The van der Waals surface area contributed by atoms with Gasteiger partial charge in [-0.3, -0.25) is 0 Å². The molecule has 0 N–H and O–H groups in total. The van der Waals surface area contributed by atoms with E-state index >= 15 is 0 Å². The van der Waals surface area contributed by atoms with Crippen molar-refractivity contribution in [3.05, 3.63) is 12.2 Å². The van der Waals surface area contributed by atoms with Gasteiger partial charge < -0.3 is 4.57 Å². The van der Waals surface area contributed by atoms with E-state index in [1.807, 2.05) is 0 Å². The van der Waals surface area contributed by atoms with Crippen molar-refractivity contribution < 1.29 is 1.37 Å². The molecule has 1 aliphatic rings. The molecule has 2 rings (SSSR count). The number of aromatic nitrogens is 3. The van der Waals surface area contributed by atoms with Crippen LogP contribution in [0.5, 0.6) is 0 Å². The zero-order valence-electron chi connectivity index (χ0n) is 6.82. The number of hydrogen-bond donors (Lipinski definition) is 0. The smallest absolute Gasteiger partial charge is 0.132 e. The van der Waals surface area contributed by atoms with Gasteiger partial charge in [-0.2, -0.15) is 0 Å². The standard InChI is InChI=1S/C7H11N3/c1-2-4-7-9-8-6-10(7)5-3-1/h6H,1-5H2/i1D. The van der Waals surface area contributed by atoms with Crippen molar-refractivity contribution in [1.29, 1.82) is 0 Å². The molecule has 0 aromatic carbocycles. The number of fused-ring (bicyclic) bond motifs is 1. The Labute approximate surface area is 61.5 Å². The summed E-state index contributed by atoms with van der Waals surface area (Å²) in [7, 11) is 0. The molecule has 10 heavy (non-hydrogen) atoms. The number of aryl methyl sites for hydroxylation is 2. The summed E-state index contributed by atoms with van der Waals surface area (Å²) >= 11 is 0. The molecule has 1 unspecified atom stereocenters. The predicted molar refractivity (Wildman–Crippen MR) is 37.6 cm³/mol. The minimum absolute atomic E-state index is 0.0942. The molecular weight excluding hydrogens is 126 g/mol. The Balaban J connectivity index is 2.20. The number of hydrogen-bond acceptors (Lipinski definition) is 2. The number of nitrogens with zero attached hydrogens (tertiary/aromatic N) is 3. The molecule has 1 aromatic rings. The second kappa shape index (κ2) is 2.40. The van der Waals surface area contributed by atoms with Crippen molar-refractivity contribution in [3.63, 3.8) is 0 Å². The van der Waals surface area contributed by atoms with E-state index in [2.05, 4.69) is 14.8 Å². The van der Waals surface area contributed by atoms with Crippen LogP contribution in [-0.4, -0.2) is 14.8 Å². The highest BCUT2D eigenvalue weighted by Crippen LogP contribution is 2.10. The molecule has 0 bridgehead atoms. The van der Waals surface area contributed by atoms with Gasteiger partial charge in [-0.15, -0.1) is 10.2 Å². The Morgan fingerprint density at radius 3 is 3.60 bits per heavy atom. The third kappa shape index (κ3) is 0.916. The van der Waals surface area contributed by atoms with Gasteiger partial charge in [0.25, 0.3) is 0 Å². The first-order valence-corrected chi connectivity index (χ1v) is 3.65. The lowest BCUT2D eigenvalue weighted by molar-refractivity contribution is 0.632. The first-order chi connectivity index (χ1) is 5.36. The van der Waals surface area contributed by atoms with Crippen molar-refractivity contribution in [2.45, 2.75) is 32.2 Å². The van der Waals surface area contributed by atoms with Gasteiger partial charge >= 0.3 is 0 Å². The van der Waals surface area contributed by atoms with Crippen LogP contribution in [0.25, 0.3) is 0 Å². The molecule has 3 heteroatoms. The summed E-state index contributed by atoms with van der Waals surface area (Å²) in [5, 5.41) is 7.80. The Morgan fingerprint density at radius 1 is 1.60 bits per heavy atom. The van der Waals surface area contributed by atoms with E-state index in [4.69, 9.17) is 1.37 Å². The van der Waals surface area contributed by atoms with Crippen molar-refractivity contribution in [2.24, 2.45) is 0 Å². The van der Waals surface area contributed by atoms with Crippen molar-refractivity contribution in [1.82, 2.24) is 14.8 Å². The van der Waals surface area contributed by atoms with Crippen LogP contribution in [0.1, 0.15) is 26.4 Å². The van der Waals surface area contributed by atoms with E-state index in [-0.39, 0.29) is 6.40 Å². The summed E-state index contributed by atoms with van der Waals surface area (Å²) in [5.41, 5.74) is 0. The Bertz CT molecular complexity index is 223. The maximum atomic E-state index is 7.56. The summed E-state index contributed by atoms with van der Waals surface area (Å²) in [6.07, 6.45) is 4.63. The minimum atomic E-state index is 0.0942. The lowest BCUT2D eigenvalue weighted by Gasteiger charge is -1.97. The van der Waals surface area contributed by atoms with E-state index in [0.717, 1.165) is 31.6 Å². The van der Waals surface area contributed by atoms with E-state index in [9.17, 15) is 0 Å². The summed E-state index contributed by atoms with van der Waals surface area (Å²) in [6, 6.07) is 0. The summed E-state index contributed by atoms with van der Waals surface area (Å²) in [4.78, 5) is 0. The fourth-order valence-electron chi connectivity index (χ4n) is 1.27. The zero-order valence-corrected chi connectivity index (χ0v) is 5.82. The van der Waals surface area contributed by atoms with Crippen molar-refractivity contribution >= 4 is 0 Å². The van der Waals surface area contributed by atoms with Gasteiger partial charge in [0.2, 0.25) is 0 Å². The minimum Gasteiger partial charge on any atom is -0.318 e. The highest BCUT2D eigenvalue weighted by molar-refractivity contribution is 4.87. The quantitative estimate of drug-likeness (QED) is 0.535. The SMILES string of the molecule is [2H]C1CCc2nncn2CC1. The van der Waals surface area contributed by atoms with Crippen LogP contribution in [0.2, 0.25) is 0 Å². The average molecular weight is 138 g/mol. The average Bonchev–Trinajstić information content (AvgIpc) is 2.38. The summed E-state index contributed by atoms with van der Waals surface area (Å²) < 4.78 is 9.62. The van der Waals surface area contributed by atoms with Crippen LogP contribution in [-0.2, 0) is 13.0 Å². The highest BCUT2D eigenvalue weighted by atomic mass is 15.3. The lowest BCUT2D eigenvalue weighted by Crippen LogP contribution is -1.98. The third-order valence-electron chi connectivity index (χ3n) is 1.84. The molecule has 0 aliphatic carbocycles.